The number of fused-ring (bicyclic) bond motifs is 2. The van der Waals surface area contributed by atoms with Crippen LogP contribution in [0.3, 0.4) is 0 Å². The molecule has 2 aromatic rings. The second kappa shape index (κ2) is 5.19. The molecule has 108 valence electrons. The highest BCUT2D eigenvalue weighted by molar-refractivity contribution is 5.77. The zero-order chi connectivity index (χ0) is 14.2. The van der Waals surface area contributed by atoms with E-state index < -0.39 is 0 Å². The normalized spacial score (nSPS) is 19.1. The maximum Gasteiger partial charge on any atom is 0.0479 e. The fourth-order valence-electron chi connectivity index (χ4n) is 3.93. The van der Waals surface area contributed by atoms with E-state index in [0.29, 0.717) is 6.04 Å². The second-order valence-electron chi connectivity index (χ2n) is 6.17. The molecule has 1 unspecified atom stereocenters. The van der Waals surface area contributed by atoms with Gasteiger partial charge >= 0.3 is 0 Å². The predicted molar refractivity (Wildman–Crippen MR) is 88.5 cm³/mol. The summed E-state index contributed by atoms with van der Waals surface area (Å²) in [6.45, 7) is 1.08. The Hall–Kier alpha value is -1.80. The SMILES string of the molecule is CNCCC1Cc2cccc3c2N1c1ccccc1CC3. The first-order valence-corrected chi connectivity index (χ1v) is 8.01. The number of aryl methyl sites for hydroxylation is 2. The van der Waals surface area contributed by atoms with Gasteiger partial charge in [-0.2, -0.15) is 0 Å². The largest absolute Gasteiger partial charge is 0.337 e. The van der Waals surface area contributed by atoms with Crippen LogP contribution in [0.25, 0.3) is 0 Å². The first kappa shape index (κ1) is 12.9. The van der Waals surface area contributed by atoms with Crippen LogP contribution in [0.1, 0.15) is 23.1 Å². The van der Waals surface area contributed by atoms with Crippen molar-refractivity contribution < 1.29 is 0 Å². The molecule has 1 N–H and O–H groups in total. The molecule has 21 heavy (non-hydrogen) atoms. The Morgan fingerprint density at radius 1 is 1.00 bits per heavy atom. The zero-order valence-electron chi connectivity index (χ0n) is 12.6. The van der Waals surface area contributed by atoms with Gasteiger partial charge in [0.05, 0.1) is 0 Å². The van der Waals surface area contributed by atoms with Crippen LogP contribution in [-0.4, -0.2) is 19.6 Å². The first-order valence-electron chi connectivity index (χ1n) is 8.01. The molecule has 2 heteroatoms. The lowest BCUT2D eigenvalue weighted by atomic mass is 10.00. The molecular formula is C19H22N2. The van der Waals surface area contributed by atoms with Crippen molar-refractivity contribution in [2.24, 2.45) is 0 Å². The molecule has 2 heterocycles. The van der Waals surface area contributed by atoms with Gasteiger partial charge in [0, 0.05) is 17.4 Å². The maximum atomic E-state index is 3.31. The van der Waals surface area contributed by atoms with Gasteiger partial charge in [0.25, 0.3) is 0 Å². The number of hydrogen-bond acceptors (Lipinski definition) is 2. The van der Waals surface area contributed by atoms with E-state index in [9.17, 15) is 0 Å². The van der Waals surface area contributed by atoms with Gasteiger partial charge in [-0.3, -0.25) is 0 Å². The number of anilines is 2. The summed E-state index contributed by atoms with van der Waals surface area (Å²) in [5.41, 5.74) is 7.49. The van der Waals surface area contributed by atoms with E-state index in [1.165, 1.54) is 40.9 Å². The molecule has 0 aliphatic carbocycles. The van der Waals surface area contributed by atoms with E-state index in [1.807, 2.05) is 7.05 Å². The summed E-state index contributed by atoms with van der Waals surface area (Å²) in [4.78, 5) is 2.63. The molecule has 0 bridgehead atoms. The highest BCUT2D eigenvalue weighted by atomic mass is 15.2. The lowest BCUT2D eigenvalue weighted by molar-refractivity contribution is 0.596. The average Bonchev–Trinajstić information content (AvgIpc) is 2.80. The van der Waals surface area contributed by atoms with E-state index in [1.54, 1.807) is 0 Å². The Kier molecular flexibility index (Phi) is 3.19. The van der Waals surface area contributed by atoms with Crippen molar-refractivity contribution in [2.75, 3.05) is 18.5 Å². The van der Waals surface area contributed by atoms with E-state index in [2.05, 4.69) is 52.7 Å². The molecule has 2 aromatic carbocycles. The van der Waals surface area contributed by atoms with Crippen LogP contribution in [-0.2, 0) is 19.3 Å². The van der Waals surface area contributed by atoms with Crippen molar-refractivity contribution in [1.29, 1.82) is 0 Å². The molecule has 0 saturated heterocycles. The van der Waals surface area contributed by atoms with Gasteiger partial charge in [0.1, 0.15) is 0 Å². The monoisotopic (exact) mass is 278 g/mol. The molecule has 0 saturated carbocycles. The van der Waals surface area contributed by atoms with Gasteiger partial charge in [-0.05, 0) is 62.0 Å². The number of rotatable bonds is 3. The second-order valence-corrected chi connectivity index (χ2v) is 6.17. The predicted octanol–water partition coefficient (Wildman–Crippen LogP) is 3.46. The molecule has 0 spiro atoms. The summed E-state index contributed by atoms with van der Waals surface area (Å²) < 4.78 is 0. The van der Waals surface area contributed by atoms with Crippen LogP contribution in [0, 0.1) is 0 Å². The van der Waals surface area contributed by atoms with Crippen molar-refractivity contribution in [1.82, 2.24) is 5.32 Å². The van der Waals surface area contributed by atoms with E-state index in [0.717, 1.165) is 19.4 Å². The van der Waals surface area contributed by atoms with E-state index in [4.69, 9.17) is 0 Å². The molecule has 0 amide bonds. The molecule has 2 aliphatic heterocycles. The third-order valence-electron chi connectivity index (χ3n) is 4.91. The highest BCUT2D eigenvalue weighted by Crippen LogP contribution is 2.45. The molecule has 0 fully saturated rings. The fraction of sp³-hybridized carbons (Fsp3) is 0.368. The van der Waals surface area contributed by atoms with Crippen molar-refractivity contribution >= 4 is 11.4 Å². The van der Waals surface area contributed by atoms with E-state index in [-0.39, 0.29) is 0 Å². The van der Waals surface area contributed by atoms with Crippen LogP contribution in [0.2, 0.25) is 0 Å². The minimum absolute atomic E-state index is 0.591. The lowest BCUT2D eigenvalue weighted by Crippen LogP contribution is -2.31. The van der Waals surface area contributed by atoms with Gasteiger partial charge in [-0.25, -0.2) is 0 Å². The Morgan fingerprint density at radius 3 is 2.67 bits per heavy atom. The van der Waals surface area contributed by atoms with Crippen molar-refractivity contribution in [3.05, 3.63) is 59.2 Å². The third kappa shape index (κ3) is 2.06. The number of para-hydroxylation sites is 2. The average molecular weight is 278 g/mol. The molecule has 1 atom stereocenters. The number of nitrogens with zero attached hydrogens (tertiary/aromatic N) is 1. The highest BCUT2D eigenvalue weighted by Gasteiger charge is 2.34. The quantitative estimate of drug-likeness (QED) is 0.925. The van der Waals surface area contributed by atoms with Gasteiger partial charge in [0.2, 0.25) is 0 Å². The molecule has 0 radical (unpaired) electrons. The number of benzene rings is 2. The van der Waals surface area contributed by atoms with Crippen LogP contribution >= 0.6 is 0 Å². The summed E-state index contributed by atoms with van der Waals surface area (Å²) in [5, 5.41) is 3.31. The van der Waals surface area contributed by atoms with Crippen LogP contribution in [0.4, 0.5) is 11.4 Å². The fourth-order valence-corrected chi connectivity index (χ4v) is 3.93. The van der Waals surface area contributed by atoms with Crippen molar-refractivity contribution in [2.45, 2.75) is 31.7 Å². The molecule has 0 aromatic heterocycles. The minimum Gasteiger partial charge on any atom is -0.337 e. The van der Waals surface area contributed by atoms with Crippen LogP contribution < -0.4 is 10.2 Å². The maximum absolute atomic E-state index is 3.31. The summed E-state index contributed by atoms with van der Waals surface area (Å²) >= 11 is 0. The Labute approximate surface area is 126 Å². The van der Waals surface area contributed by atoms with E-state index >= 15 is 0 Å². The summed E-state index contributed by atoms with van der Waals surface area (Å²) in [7, 11) is 2.05. The van der Waals surface area contributed by atoms with Gasteiger partial charge in [0.15, 0.2) is 0 Å². The molecule has 2 nitrogen and oxygen atoms in total. The Bertz CT molecular complexity index is 662. The summed E-state index contributed by atoms with van der Waals surface area (Å²) in [6.07, 6.45) is 4.69. The third-order valence-corrected chi connectivity index (χ3v) is 4.91. The lowest BCUT2D eigenvalue weighted by Gasteiger charge is -2.29. The molecular weight excluding hydrogens is 256 g/mol. The van der Waals surface area contributed by atoms with Crippen LogP contribution in [0.15, 0.2) is 42.5 Å². The molecule has 4 rings (SSSR count). The minimum atomic E-state index is 0.591. The summed E-state index contributed by atoms with van der Waals surface area (Å²) in [5.74, 6) is 0. The van der Waals surface area contributed by atoms with Crippen molar-refractivity contribution in [3.63, 3.8) is 0 Å². The number of hydrogen-bond donors (Lipinski definition) is 1. The zero-order valence-corrected chi connectivity index (χ0v) is 12.6. The van der Waals surface area contributed by atoms with Crippen molar-refractivity contribution in [3.8, 4) is 0 Å². The Balaban J connectivity index is 1.85. The number of nitrogens with one attached hydrogen (secondary N) is 1. The van der Waals surface area contributed by atoms with Gasteiger partial charge in [-0.1, -0.05) is 36.4 Å². The Morgan fingerprint density at radius 2 is 1.76 bits per heavy atom. The smallest absolute Gasteiger partial charge is 0.0479 e. The van der Waals surface area contributed by atoms with Gasteiger partial charge in [-0.15, -0.1) is 0 Å². The molecule has 2 aliphatic rings. The summed E-state index contributed by atoms with van der Waals surface area (Å²) in [6, 6.07) is 16.4. The first-order chi connectivity index (χ1) is 10.4. The van der Waals surface area contributed by atoms with Gasteiger partial charge < -0.3 is 10.2 Å². The standard InChI is InChI=1S/C19H22N2/c1-20-12-11-17-13-16-7-4-6-15-10-9-14-5-2-3-8-18(14)21(17)19(15)16/h2-8,17,20H,9-13H2,1H3. The topological polar surface area (TPSA) is 15.3 Å². The van der Waals surface area contributed by atoms with Crippen LogP contribution in [0.5, 0.6) is 0 Å².